The van der Waals surface area contributed by atoms with Crippen LogP contribution in [-0.2, 0) is 6.42 Å². The van der Waals surface area contributed by atoms with Gasteiger partial charge in [-0.15, -0.1) is 22.7 Å². The summed E-state index contributed by atoms with van der Waals surface area (Å²) in [6.07, 6.45) is 1.38. The molecule has 0 saturated carbocycles. The summed E-state index contributed by atoms with van der Waals surface area (Å²) >= 11 is 3.47. The predicted molar refractivity (Wildman–Crippen MR) is 79.4 cm³/mol. The molecular weight excluding hydrogens is 260 g/mol. The highest BCUT2D eigenvalue weighted by atomic mass is 32.1. The monoisotopic (exact) mass is 274 g/mol. The van der Waals surface area contributed by atoms with Gasteiger partial charge in [-0.25, -0.2) is 0 Å². The summed E-state index contributed by atoms with van der Waals surface area (Å²) in [5, 5.41) is 15.7. The van der Waals surface area contributed by atoms with Crippen LogP contribution in [0.25, 0.3) is 10.1 Å². The molecule has 0 bridgehead atoms. The Morgan fingerprint density at radius 1 is 1.06 bits per heavy atom. The van der Waals surface area contributed by atoms with Crippen LogP contribution in [-0.4, -0.2) is 5.11 Å². The van der Waals surface area contributed by atoms with Crippen LogP contribution in [0.3, 0.4) is 0 Å². The van der Waals surface area contributed by atoms with Crippen molar-refractivity contribution in [2.45, 2.75) is 18.9 Å². The fraction of sp³-hybridized carbons (Fsp3) is 0.200. The van der Waals surface area contributed by atoms with E-state index in [4.69, 9.17) is 0 Å². The molecule has 0 aliphatic rings. The molecule has 1 unspecified atom stereocenters. The summed E-state index contributed by atoms with van der Waals surface area (Å²) < 4.78 is 1.25. The Labute approximate surface area is 114 Å². The lowest BCUT2D eigenvalue weighted by atomic mass is 10.0. The standard InChI is InChI=1S/C15H14OS2/c16-14(8-7-11-4-3-9-17-11)13-10-18-15-6-2-1-5-12(13)15/h1-6,9-10,14,16H,7-8H2. The third kappa shape index (κ3) is 2.34. The number of aliphatic hydroxyl groups is 1. The number of benzene rings is 1. The molecule has 0 aliphatic carbocycles. The van der Waals surface area contributed by atoms with Gasteiger partial charge in [-0.1, -0.05) is 24.3 Å². The Morgan fingerprint density at radius 3 is 2.78 bits per heavy atom. The van der Waals surface area contributed by atoms with Gasteiger partial charge in [-0.2, -0.15) is 0 Å². The summed E-state index contributed by atoms with van der Waals surface area (Å²) in [6.45, 7) is 0. The first kappa shape index (κ1) is 11.9. The van der Waals surface area contributed by atoms with Crippen LogP contribution < -0.4 is 0 Å². The second-order valence-electron chi connectivity index (χ2n) is 4.32. The Balaban J connectivity index is 1.77. The van der Waals surface area contributed by atoms with Gasteiger partial charge in [-0.3, -0.25) is 0 Å². The van der Waals surface area contributed by atoms with Crippen LogP contribution in [0.5, 0.6) is 0 Å². The molecule has 0 radical (unpaired) electrons. The lowest BCUT2D eigenvalue weighted by molar-refractivity contribution is 0.170. The highest BCUT2D eigenvalue weighted by Crippen LogP contribution is 2.32. The van der Waals surface area contributed by atoms with Gasteiger partial charge in [0.1, 0.15) is 0 Å². The van der Waals surface area contributed by atoms with Crippen LogP contribution in [0.4, 0.5) is 0 Å². The second kappa shape index (κ2) is 5.22. The van der Waals surface area contributed by atoms with Crippen LogP contribution in [0.15, 0.2) is 47.2 Å². The molecule has 2 aromatic heterocycles. The van der Waals surface area contributed by atoms with Gasteiger partial charge in [0.15, 0.2) is 0 Å². The molecule has 1 nitrogen and oxygen atoms in total. The van der Waals surface area contributed by atoms with Gasteiger partial charge < -0.3 is 5.11 Å². The fourth-order valence-corrected chi connectivity index (χ4v) is 3.88. The first-order valence-electron chi connectivity index (χ1n) is 6.01. The van der Waals surface area contributed by atoms with E-state index in [9.17, 15) is 5.11 Å². The minimum atomic E-state index is -0.358. The number of thiophene rings is 2. The normalized spacial score (nSPS) is 12.9. The predicted octanol–water partition coefficient (Wildman–Crippen LogP) is 4.63. The molecule has 0 amide bonds. The first-order chi connectivity index (χ1) is 8.84. The number of fused-ring (bicyclic) bond motifs is 1. The van der Waals surface area contributed by atoms with Crippen molar-refractivity contribution in [3.05, 3.63) is 57.6 Å². The topological polar surface area (TPSA) is 20.2 Å². The van der Waals surface area contributed by atoms with E-state index in [0.717, 1.165) is 18.4 Å². The maximum Gasteiger partial charge on any atom is 0.0807 e. The molecule has 3 aromatic rings. The summed E-state index contributed by atoms with van der Waals surface area (Å²) in [7, 11) is 0. The Morgan fingerprint density at radius 2 is 1.94 bits per heavy atom. The van der Waals surface area contributed by atoms with Crippen molar-refractivity contribution in [2.75, 3.05) is 0 Å². The van der Waals surface area contributed by atoms with Gasteiger partial charge in [0, 0.05) is 9.58 Å². The highest BCUT2D eigenvalue weighted by molar-refractivity contribution is 7.17. The summed E-state index contributed by atoms with van der Waals surface area (Å²) in [5.74, 6) is 0. The molecule has 0 fully saturated rings. The minimum absolute atomic E-state index is 0.358. The number of aliphatic hydroxyl groups excluding tert-OH is 1. The molecule has 1 atom stereocenters. The van der Waals surface area contributed by atoms with Crippen molar-refractivity contribution < 1.29 is 5.11 Å². The van der Waals surface area contributed by atoms with Crippen molar-refractivity contribution in [1.29, 1.82) is 0 Å². The number of hydrogen-bond donors (Lipinski definition) is 1. The van der Waals surface area contributed by atoms with Crippen LogP contribution in [0, 0.1) is 0 Å². The molecule has 1 aromatic carbocycles. The van der Waals surface area contributed by atoms with E-state index in [1.807, 2.05) is 12.1 Å². The van der Waals surface area contributed by atoms with Crippen LogP contribution >= 0.6 is 22.7 Å². The summed E-state index contributed by atoms with van der Waals surface area (Å²) in [6, 6.07) is 12.5. The molecule has 0 spiro atoms. The summed E-state index contributed by atoms with van der Waals surface area (Å²) in [4.78, 5) is 1.34. The number of hydrogen-bond acceptors (Lipinski definition) is 3. The minimum Gasteiger partial charge on any atom is -0.388 e. The van der Waals surface area contributed by atoms with Gasteiger partial charge in [0.05, 0.1) is 6.10 Å². The van der Waals surface area contributed by atoms with Crippen molar-refractivity contribution in [3.8, 4) is 0 Å². The van der Waals surface area contributed by atoms with E-state index in [1.165, 1.54) is 15.0 Å². The Hall–Kier alpha value is -1.16. The van der Waals surface area contributed by atoms with E-state index in [-0.39, 0.29) is 6.10 Å². The zero-order valence-electron chi connectivity index (χ0n) is 9.87. The maximum atomic E-state index is 10.3. The van der Waals surface area contributed by atoms with Gasteiger partial charge >= 0.3 is 0 Å². The first-order valence-corrected chi connectivity index (χ1v) is 7.77. The van der Waals surface area contributed by atoms with E-state index in [2.05, 4.69) is 35.0 Å². The highest BCUT2D eigenvalue weighted by Gasteiger charge is 2.13. The molecule has 3 heteroatoms. The third-order valence-corrected chi connectivity index (χ3v) is 5.03. The molecular formula is C15H14OS2. The van der Waals surface area contributed by atoms with E-state index in [0.29, 0.717) is 0 Å². The molecule has 1 N–H and O–H groups in total. The molecule has 0 saturated heterocycles. The molecule has 3 rings (SSSR count). The molecule has 18 heavy (non-hydrogen) atoms. The molecule has 92 valence electrons. The second-order valence-corrected chi connectivity index (χ2v) is 6.26. The van der Waals surface area contributed by atoms with E-state index < -0.39 is 0 Å². The van der Waals surface area contributed by atoms with Crippen molar-refractivity contribution in [3.63, 3.8) is 0 Å². The Bertz CT molecular complexity index is 625. The SMILES string of the molecule is OC(CCc1cccs1)c1csc2ccccc12. The molecule has 2 heterocycles. The quantitative estimate of drug-likeness (QED) is 0.735. The van der Waals surface area contributed by atoms with Gasteiger partial charge in [0.25, 0.3) is 0 Å². The fourth-order valence-electron chi connectivity index (χ4n) is 2.15. The summed E-state index contributed by atoms with van der Waals surface area (Å²) in [5.41, 5.74) is 1.08. The van der Waals surface area contributed by atoms with Crippen LogP contribution in [0.1, 0.15) is 23.0 Å². The van der Waals surface area contributed by atoms with Gasteiger partial charge in [0.2, 0.25) is 0 Å². The van der Waals surface area contributed by atoms with Crippen molar-refractivity contribution >= 4 is 32.8 Å². The van der Waals surface area contributed by atoms with E-state index >= 15 is 0 Å². The average Bonchev–Trinajstić information content (AvgIpc) is 3.05. The number of rotatable bonds is 4. The zero-order chi connectivity index (χ0) is 12.4. The van der Waals surface area contributed by atoms with Crippen LogP contribution in [0.2, 0.25) is 0 Å². The Kier molecular flexibility index (Phi) is 3.46. The smallest absolute Gasteiger partial charge is 0.0807 e. The van der Waals surface area contributed by atoms with Crippen molar-refractivity contribution in [1.82, 2.24) is 0 Å². The average molecular weight is 274 g/mol. The lowest BCUT2D eigenvalue weighted by Gasteiger charge is -2.08. The maximum absolute atomic E-state index is 10.3. The largest absolute Gasteiger partial charge is 0.388 e. The zero-order valence-corrected chi connectivity index (χ0v) is 11.5. The third-order valence-electron chi connectivity index (χ3n) is 3.11. The van der Waals surface area contributed by atoms with Gasteiger partial charge in [-0.05, 0) is 46.7 Å². The van der Waals surface area contributed by atoms with Crippen molar-refractivity contribution in [2.24, 2.45) is 0 Å². The lowest BCUT2D eigenvalue weighted by Crippen LogP contribution is -1.97. The number of aryl methyl sites for hydroxylation is 1. The molecule has 0 aliphatic heterocycles. The van der Waals surface area contributed by atoms with E-state index in [1.54, 1.807) is 22.7 Å².